The van der Waals surface area contributed by atoms with Crippen LogP contribution in [0.3, 0.4) is 0 Å². The van der Waals surface area contributed by atoms with Gasteiger partial charge in [-0.15, -0.1) is 18.3 Å². The van der Waals surface area contributed by atoms with Crippen LogP contribution in [0, 0.1) is 6.92 Å². The Morgan fingerprint density at radius 2 is 1.68 bits per heavy atom. The molecule has 1 N–H and O–H groups in total. The molecule has 0 saturated heterocycles. The Balaban J connectivity index is 2.01. The number of benzene rings is 2. The number of H-pyrrole nitrogens is 1. The second kappa shape index (κ2) is 9.97. The number of pyridine rings is 1. The van der Waals surface area contributed by atoms with Crippen molar-refractivity contribution in [2.75, 3.05) is 32.2 Å². The van der Waals surface area contributed by atoms with E-state index in [1.807, 2.05) is 64.9 Å². The van der Waals surface area contributed by atoms with Gasteiger partial charge in [-0.3, -0.25) is 0 Å². The van der Waals surface area contributed by atoms with Crippen molar-refractivity contribution < 1.29 is 14.0 Å². The molecule has 4 rings (SSSR count). The van der Waals surface area contributed by atoms with E-state index in [9.17, 15) is 0 Å². The molecule has 174 valence electrons. The van der Waals surface area contributed by atoms with Gasteiger partial charge in [0, 0.05) is 29.1 Å². The third-order valence-corrected chi connectivity index (χ3v) is 5.78. The molecule has 7 nitrogen and oxygen atoms in total. The molecule has 0 bridgehead atoms. The molecule has 0 fully saturated rings. The number of rotatable bonds is 9. The van der Waals surface area contributed by atoms with Gasteiger partial charge in [0.2, 0.25) is 0 Å². The van der Waals surface area contributed by atoms with E-state index in [0.29, 0.717) is 41.5 Å². The summed E-state index contributed by atoms with van der Waals surface area (Å²) in [5.74, 6) is 2.46. The van der Waals surface area contributed by atoms with Crippen LogP contribution in [0.5, 0.6) is 11.5 Å². The molecule has 0 atom stereocenters. The lowest BCUT2D eigenvalue weighted by molar-refractivity contribution is -0.597. The Morgan fingerprint density at radius 3 is 2.29 bits per heavy atom. The van der Waals surface area contributed by atoms with E-state index < -0.39 is 0 Å². The lowest BCUT2D eigenvalue weighted by Gasteiger charge is -2.16. The second-order valence-corrected chi connectivity index (χ2v) is 8.15. The van der Waals surface area contributed by atoms with Crippen molar-refractivity contribution in [2.45, 2.75) is 6.92 Å². The molecule has 8 heteroatoms. The summed E-state index contributed by atoms with van der Waals surface area (Å²) in [6, 6.07) is 13.8. The summed E-state index contributed by atoms with van der Waals surface area (Å²) in [6.45, 7) is 10.9. The Bertz CT molecular complexity index is 1340. The first-order chi connectivity index (χ1) is 16.5. The number of hydrogen-bond donors (Lipinski definition) is 1. The van der Waals surface area contributed by atoms with Gasteiger partial charge in [0.05, 0.1) is 19.9 Å². The lowest BCUT2D eigenvalue weighted by Crippen LogP contribution is -2.38. The second-order valence-electron chi connectivity index (χ2n) is 7.71. The fourth-order valence-corrected chi connectivity index (χ4v) is 4.13. The highest BCUT2D eigenvalue weighted by atomic mass is 35.5. The van der Waals surface area contributed by atoms with E-state index in [4.69, 9.17) is 26.1 Å². The normalized spacial score (nSPS) is 10.8. The van der Waals surface area contributed by atoms with Crippen molar-refractivity contribution in [2.24, 2.45) is 0 Å². The van der Waals surface area contributed by atoms with Crippen molar-refractivity contribution in [3.8, 4) is 28.7 Å². The molecule has 0 spiro atoms. The molecule has 0 aliphatic heterocycles. The Morgan fingerprint density at radius 1 is 1.03 bits per heavy atom. The summed E-state index contributed by atoms with van der Waals surface area (Å²) < 4.78 is 13.2. The van der Waals surface area contributed by atoms with Crippen LogP contribution in [0.15, 0.2) is 67.8 Å². The molecule has 2 aromatic heterocycles. The summed E-state index contributed by atoms with van der Waals surface area (Å²) in [5, 5.41) is 10.2. The number of aromatic amines is 1. The number of anilines is 1. The predicted molar refractivity (Wildman–Crippen MR) is 136 cm³/mol. The van der Waals surface area contributed by atoms with Gasteiger partial charge in [-0.05, 0) is 59.8 Å². The third kappa shape index (κ3) is 4.34. The highest BCUT2D eigenvalue weighted by molar-refractivity contribution is 6.30. The minimum atomic E-state index is 0.566. The van der Waals surface area contributed by atoms with Gasteiger partial charge in [-0.25, -0.2) is 0 Å². The van der Waals surface area contributed by atoms with Crippen molar-refractivity contribution in [3.63, 3.8) is 0 Å². The number of aromatic nitrogens is 4. The zero-order valence-corrected chi connectivity index (χ0v) is 20.3. The number of aryl methyl sites for hydroxylation is 1. The maximum absolute atomic E-state index is 6.20. The minimum absolute atomic E-state index is 0.566. The van der Waals surface area contributed by atoms with Crippen LogP contribution in [-0.2, 0) is 0 Å². The fraction of sp³-hybridized carbons (Fsp3) is 0.192. The Kier molecular flexibility index (Phi) is 6.84. The van der Waals surface area contributed by atoms with Gasteiger partial charge in [0.25, 0.3) is 0 Å². The standard InChI is InChI=1S/C26H27ClN5O2/c1-6-12-31(13-7-2)25-28-26(30-29-25)32-17(3)14-19-15-22(33-4)23(34-5)16-21(19)24(32)18-8-10-20(27)11-9-18/h6-11,14-16H,1-2,12-13H2,3-5H3,(H,28,29,30)/q+1. The van der Waals surface area contributed by atoms with Gasteiger partial charge in [0.1, 0.15) is 5.69 Å². The lowest BCUT2D eigenvalue weighted by atomic mass is 10.0. The quantitative estimate of drug-likeness (QED) is 0.270. The summed E-state index contributed by atoms with van der Waals surface area (Å²) in [4.78, 5) is 6.79. The van der Waals surface area contributed by atoms with Gasteiger partial charge in [-0.1, -0.05) is 28.9 Å². The number of hydrogen-bond acceptors (Lipinski definition) is 5. The zero-order valence-electron chi connectivity index (χ0n) is 19.5. The molecule has 2 aromatic carbocycles. The number of halogens is 1. The van der Waals surface area contributed by atoms with E-state index in [2.05, 4.69) is 29.4 Å². The first-order valence-corrected chi connectivity index (χ1v) is 11.1. The summed E-state index contributed by atoms with van der Waals surface area (Å²) >= 11 is 6.20. The average molecular weight is 477 g/mol. The van der Waals surface area contributed by atoms with Crippen LogP contribution < -0.4 is 18.9 Å². The van der Waals surface area contributed by atoms with Crippen LogP contribution in [0.4, 0.5) is 5.95 Å². The number of fused-ring (bicyclic) bond motifs is 1. The minimum Gasteiger partial charge on any atom is -0.493 e. The van der Waals surface area contributed by atoms with Crippen LogP contribution in [-0.4, -0.2) is 42.5 Å². The van der Waals surface area contributed by atoms with E-state index >= 15 is 0 Å². The van der Waals surface area contributed by atoms with Crippen LogP contribution in [0.1, 0.15) is 5.69 Å². The van der Waals surface area contributed by atoms with E-state index in [0.717, 1.165) is 27.7 Å². The van der Waals surface area contributed by atoms with Gasteiger partial charge in [-0.2, -0.15) is 4.57 Å². The van der Waals surface area contributed by atoms with Crippen molar-refractivity contribution in [3.05, 3.63) is 78.5 Å². The molecular formula is C26H27ClN5O2+. The summed E-state index contributed by atoms with van der Waals surface area (Å²) in [6.07, 6.45) is 3.62. The fourth-order valence-electron chi connectivity index (χ4n) is 4.01. The topological polar surface area (TPSA) is 67.2 Å². The van der Waals surface area contributed by atoms with Crippen molar-refractivity contribution >= 4 is 28.3 Å². The first-order valence-electron chi connectivity index (χ1n) is 10.8. The van der Waals surface area contributed by atoms with Crippen molar-refractivity contribution in [1.29, 1.82) is 0 Å². The Hall–Kier alpha value is -3.84. The summed E-state index contributed by atoms with van der Waals surface area (Å²) in [5.41, 5.74) is 2.86. The molecule has 0 aliphatic rings. The smallest absolute Gasteiger partial charge is 0.424 e. The molecular weight excluding hydrogens is 450 g/mol. The van der Waals surface area contributed by atoms with Crippen LogP contribution >= 0.6 is 11.6 Å². The first kappa shape index (κ1) is 23.3. The Labute approximate surface area is 203 Å². The van der Waals surface area contributed by atoms with E-state index in [1.54, 1.807) is 14.2 Å². The third-order valence-electron chi connectivity index (χ3n) is 5.52. The van der Waals surface area contributed by atoms with E-state index in [1.165, 1.54) is 0 Å². The number of nitrogens with zero attached hydrogens (tertiary/aromatic N) is 4. The average Bonchev–Trinajstić information content (AvgIpc) is 3.32. The maximum atomic E-state index is 6.20. The maximum Gasteiger partial charge on any atom is 0.424 e. The number of nitrogens with one attached hydrogen (secondary N) is 1. The predicted octanol–water partition coefficient (Wildman–Crippen LogP) is 5.06. The molecule has 4 aromatic rings. The number of ether oxygens (including phenoxy) is 2. The highest BCUT2D eigenvalue weighted by Crippen LogP contribution is 2.36. The monoisotopic (exact) mass is 476 g/mol. The van der Waals surface area contributed by atoms with Crippen LogP contribution in [0.2, 0.25) is 5.02 Å². The highest BCUT2D eigenvalue weighted by Gasteiger charge is 2.26. The molecule has 34 heavy (non-hydrogen) atoms. The largest absolute Gasteiger partial charge is 0.493 e. The van der Waals surface area contributed by atoms with Gasteiger partial charge < -0.3 is 14.4 Å². The molecule has 0 aliphatic carbocycles. The SMILES string of the molecule is C=CCN(CC=C)c1n[nH]c(-[n+]2c(C)cc3cc(OC)c(OC)cc3c2-c2ccc(Cl)cc2)n1. The molecule has 0 saturated carbocycles. The summed E-state index contributed by atoms with van der Waals surface area (Å²) in [7, 11) is 3.26. The van der Waals surface area contributed by atoms with Gasteiger partial charge >= 0.3 is 11.9 Å². The molecule has 0 unspecified atom stereocenters. The molecule has 0 radical (unpaired) electrons. The zero-order chi connectivity index (χ0) is 24.2. The van der Waals surface area contributed by atoms with Gasteiger partial charge in [0.15, 0.2) is 11.5 Å². The molecule has 0 amide bonds. The van der Waals surface area contributed by atoms with E-state index in [-0.39, 0.29) is 0 Å². The number of methoxy groups -OCH3 is 2. The van der Waals surface area contributed by atoms with Crippen LogP contribution in [0.25, 0.3) is 28.0 Å². The van der Waals surface area contributed by atoms with Crippen molar-refractivity contribution in [1.82, 2.24) is 15.2 Å². The molecule has 2 heterocycles.